The maximum atomic E-state index is 5.68. The standard InChI is InChI=1S/C17H18N6.C15H18N3O.C14H16N3.C13H18N5.C12H15N5.C11H13N5.CH4.5CH3/c1-22-11-12-23(2)17(22)21-20-16-9-7-15(8-10-16)19-14-5-3-13(18)4-6-14;1-17-10-8-13(9-11-17)12-16-18(2)14-4-6-15(19-3)7-5-14;1-16-10-8-13(9-11-16)12-15-17(2)14-6-4-3-5-7-14;1-16(2)12-7-5-11(6-8-12)14-15-13-17(3)9-10-18(13)4;1-13-10-4-6-11(7-5-10)14-15-12-16(2)8-9-17(12)3;1-15-7-8-16(2)11(15)14-13-10-5-3-9(12)4-6-10;;;;;;/h3-12H,1-2H3,(H2,18,20);4-12H,1-3H3;3-12H,1-2H3;5-10H,1-4H3;4-9H,1-3H3;3-8,12H,1-2H3;1H4;5*1H3/q;3*+1;;;;5*-1/p+3. The molecule has 0 unspecified atom stereocenters. The number of para-hydroxylation sites is 1. The number of benzene rings is 7. The molecule has 0 aliphatic heterocycles. The number of nitrogen functional groups attached to an aromatic ring is 2. The van der Waals surface area contributed by atoms with Crippen LogP contribution >= 0.6 is 0 Å². The number of aromatic nitrogens is 10. The predicted octanol–water partition coefficient (Wildman–Crippen LogP) is 16.9. The first-order valence-corrected chi connectivity index (χ1v) is 35.0. The molecule has 28 nitrogen and oxygen atoms in total. The Morgan fingerprint density at radius 1 is 0.353 bits per heavy atom. The molecular weight excluding hydrogens is 1450 g/mol. The number of aryl methyl sites for hydroxylation is 10. The second-order valence-electron chi connectivity index (χ2n) is 25.3. The SMILES string of the molecule is C.CN(C)c1ccc(N=Nc2n(C)cc[n+]2C)cc1.CN(N=Cc1cc[n+](C)cc1)c1ccccc1.CNc1ccc(N=Nc2n(C)cc[n+]2C)cc1.COc1ccc(N(C)N=Cc2cc[n+](C)cc2)cc1.Cn1cc[n+](C)c1N=Nc1ccc(N)cc1.Cn1cc[n+](C)c1N=Nc1ccc(Nc2ccc(N)cc2)cc1.[CH3-].[CH3-].[CH3-].[CH3-].[CH3-]. The molecule has 0 radical (unpaired) electrons. The summed E-state index contributed by atoms with van der Waals surface area (Å²) in [5, 5.41) is 52.6. The second-order valence-corrected chi connectivity index (χ2v) is 25.3. The number of nitrogens with zero attached hydrogens (tertiary/aromatic N) is 23. The minimum absolute atomic E-state index is 0. The highest BCUT2D eigenvalue weighted by Gasteiger charge is 2.14. The van der Waals surface area contributed by atoms with Crippen molar-refractivity contribution < 1.29 is 32.1 Å². The third-order valence-electron chi connectivity index (χ3n) is 16.4. The minimum Gasteiger partial charge on any atom is -0.497 e. The van der Waals surface area contributed by atoms with Gasteiger partial charge in [0, 0.05) is 125 Å². The van der Waals surface area contributed by atoms with E-state index in [-0.39, 0.29) is 44.6 Å². The van der Waals surface area contributed by atoms with E-state index in [9.17, 15) is 0 Å². The molecule has 28 heteroatoms. The Bertz CT molecular complexity index is 5030. The van der Waals surface area contributed by atoms with E-state index in [1.165, 1.54) is 0 Å². The molecule has 6 N–H and O–H groups in total. The van der Waals surface area contributed by atoms with Gasteiger partial charge in [0.15, 0.2) is 24.8 Å². The molecular formula is C88H120N27O+. The van der Waals surface area contributed by atoms with Gasteiger partial charge >= 0.3 is 23.8 Å². The summed E-state index contributed by atoms with van der Waals surface area (Å²) >= 11 is 0. The fourth-order valence-corrected chi connectivity index (χ4v) is 9.78. The third-order valence-corrected chi connectivity index (χ3v) is 16.4. The molecule has 0 spiro atoms. The van der Waals surface area contributed by atoms with Gasteiger partial charge in [-0.1, -0.05) is 46.1 Å². The van der Waals surface area contributed by atoms with Gasteiger partial charge in [-0.15, -0.1) is 0 Å². The van der Waals surface area contributed by atoms with Gasteiger partial charge in [0.25, 0.3) is 0 Å². The largest absolute Gasteiger partial charge is 0.497 e. The smallest absolute Gasteiger partial charge is 0.421 e. The maximum Gasteiger partial charge on any atom is 0.421 e. The molecule has 612 valence electrons. The summed E-state index contributed by atoms with van der Waals surface area (Å²) in [5.74, 6) is 4.04. The summed E-state index contributed by atoms with van der Waals surface area (Å²) in [7, 11) is 30.9. The Kier molecular flexibility index (Phi) is 42.2. The highest BCUT2D eigenvalue weighted by Crippen LogP contribution is 2.25. The molecule has 6 aromatic heterocycles. The second kappa shape index (κ2) is 49.9. The van der Waals surface area contributed by atoms with Crippen molar-refractivity contribution in [3.63, 3.8) is 0 Å². The molecule has 13 rings (SSSR count). The maximum absolute atomic E-state index is 5.68. The molecule has 0 atom stereocenters. The first-order chi connectivity index (χ1) is 53.0. The number of nitrogens with two attached hydrogens (primary N) is 2. The van der Waals surface area contributed by atoms with E-state index in [1.807, 2.05) is 436 Å². The molecule has 0 bridgehead atoms. The highest BCUT2D eigenvalue weighted by molar-refractivity contribution is 5.80. The van der Waals surface area contributed by atoms with Gasteiger partial charge in [-0.05, 0) is 158 Å². The molecule has 0 aliphatic rings. The van der Waals surface area contributed by atoms with E-state index in [0.717, 1.165) is 109 Å². The summed E-state index contributed by atoms with van der Waals surface area (Å²) in [5.41, 5.74) is 24.4. The van der Waals surface area contributed by atoms with Crippen LogP contribution in [0.3, 0.4) is 0 Å². The number of anilines is 8. The Balaban J connectivity index is 0.000000469. The Morgan fingerprint density at radius 2 is 0.638 bits per heavy atom. The molecule has 0 saturated carbocycles. The number of methoxy groups -OCH3 is 1. The zero-order valence-corrected chi connectivity index (χ0v) is 70.5. The lowest BCUT2D eigenvalue weighted by Crippen LogP contribution is -2.25. The number of hydrogen-bond donors (Lipinski definition) is 4. The number of azo groups is 4. The van der Waals surface area contributed by atoms with E-state index in [4.69, 9.17) is 16.2 Å². The van der Waals surface area contributed by atoms with Gasteiger partial charge in [0.2, 0.25) is 0 Å². The zero-order valence-electron chi connectivity index (χ0n) is 70.5. The van der Waals surface area contributed by atoms with Gasteiger partial charge in [-0.2, -0.15) is 10.2 Å². The molecule has 7 aromatic carbocycles. The lowest BCUT2D eigenvalue weighted by molar-refractivity contribution is -0.671. The highest BCUT2D eigenvalue weighted by atomic mass is 16.5. The fraction of sp³-hybridized carbons (Fsp3) is 0.193. The van der Waals surface area contributed by atoms with Crippen molar-refractivity contribution in [1.29, 1.82) is 0 Å². The van der Waals surface area contributed by atoms with Crippen LogP contribution in [0.1, 0.15) is 18.6 Å². The van der Waals surface area contributed by atoms with E-state index in [0.29, 0.717) is 0 Å². The third kappa shape index (κ3) is 31.5. The number of rotatable bonds is 19. The topological polar surface area (TPSA) is 262 Å². The normalized spacial score (nSPS) is 10.4. The summed E-state index contributed by atoms with van der Waals surface area (Å²) < 4.78 is 24.5. The van der Waals surface area contributed by atoms with Crippen molar-refractivity contribution in [2.75, 3.05) is 79.4 Å². The van der Waals surface area contributed by atoms with Crippen LogP contribution in [-0.4, -0.2) is 73.0 Å². The van der Waals surface area contributed by atoms with E-state index < -0.39 is 0 Å². The predicted molar refractivity (Wildman–Crippen MR) is 477 cm³/mol. The lowest BCUT2D eigenvalue weighted by atomic mass is 10.2. The number of hydrogen-bond acceptors (Lipinski definition) is 18. The van der Waals surface area contributed by atoms with Gasteiger partial charge in [0.05, 0.1) is 137 Å². The van der Waals surface area contributed by atoms with Gasteiger partial charge in [-0.3, -0.25) is 10.0 Å². The van der Waals surface area contributed by atoms with Crippen molar-refractivity contribution in [1.82, 2.24) is 18.3 Å². The number of imidazole rings is 4. The van der Waals surface area contributed by atoms with E-state index >= 15 is 0 Å². The van der Waals surface area contributed by atoms with Crippen molar-refractivity contribution in [3.05, 3.63) is 323 Å². The monoisotopic (exact) mass is 1570 g/mol. The van der Waals surface area contributed by atoms with Gasteiger partial charge < -0.3 is 68.9 Å². The van der Waals surface area contributed by atoms with Crippen LogP contribution in [0.5, 0.6) is 5.75 Å². The van der Waals surface area contributed by atoms with Crippen LogP contribution < -0.4 is 69.2 Å². The first-order valence-electron chi connectivity index (χ1n) is 35.0. The summed E-state index contributed by atoms with van der Waals surface area (Å²) in [4.78, 5) is 2.05. The number of hydrazone groups is 2. The molecule has 13 aromatic rings. The molecule has 116 heavy (non-hydrogen) atoms. The number of ether oxygens (including phenoxy) is 1. The summed E-state index contributed by atoms with van der Waals surface area (Å²) in [6.07, 6.45) is 27.2. The van der Waals surface area contributed by atoms with Crippen LogP contribution in [0.25, 0.3) is 0 Å². The van der Waals surface area contributed by atoms with Crippen LogP contribution in [0.2, 0.25) is 0 Å². The van der Waals surface area contributed by atoms with Crippen molar-refractivity contribution >= 4 is 104 Å². The van der Waals surface area contributed by atoms with Crippen molar-refractivity contribution in [2.24, 2.45) is 122 Å². The van der Waals surface area contributed by atoms with Crippen LogP contribution in [0.15, 0.2) is 326 Å². The van der Waals surface area contributed by atoms with E-state index in [1.54, 1.807) is 19.2 Å². The van der Waals surface area contributed by atoms with Crippen LogP contribution in [0.4, 0.5) is 92.0 Å². The molecule has 0 amide bonds. The van der Waals surface area contributed by atoms with Gasteiger partial charge in [0.1, 0.15) is 42.6 Å². The van der Waals surface area contributed by atoms with Crippen LogP contribution in [0, 0.1) is 37.1 Å². The summed E-state index contributed by atoms with van der Waals surface area (Å²) in [6.45, 7) is 0. The zero-order chi connectivity index (χ0) is 78.9. The molecule has 0 aliphatic carbocycles. The number of nitrogens with one attached hydrogen (secondary N) is 2. The molecule has 6 heterocycles. The average Bonchev–Trinajstić information content (AvgIpc) is 1.65. The molecule has 0 fully saturated rings. The molecule has 0 saturated heterocycles. The summed E-state index contributed by atoms with van der Waals surface area (Å²) in [6, 6.07) is 64.4. The van der Waals surface area contributed by atoms with Gasteiger partial charge in [-0.25, -0.2) is 45.7 Å². The van der Waals surface area contributed by atoms with Crippen molar-refractivity contribution in [3.8, 4) is 5.75 Å². The quantitative estimate of drug-likeness (QED) is 0.0151. The van der Waals surface area contributed by atoms with E-state index in [2.05, 4.69) is 66.7 Å². The Hall–Kier alpha value is -14.2. The first kappa shape index (κ1) is 97.9. The van der Waals surface area contributed by atoms with Crippen LogP contribution in [-0.2, 0) is 70.5 Å². The Labute approximate surface area is 688 Å². The lowest BCUT2D eigenvalue weighted by Gasteiger charge is -2.12. The fourth-order valence-electron chi connectivity index (χ4n) is 9.78. The minimum atomic E-state index is 0. The Morgan fingerprint density at radius 3 is 0.940 bits per heavy atom. The average molecular weight is 1570 g/mol. The van der Waals surface area contributed by atoms with Crippen molar-refractivity contribution in [2.45, 2.75) is 7.43 Å². The number of pyridine rings is 2.